The molecule has 0 radical (unpaired) electrons. The Bertz CT molecular complexity index is 1380. The fraction of sp³-hybridized carbons (Fsp3) is 0.763. The zero-order chi connectivity index (χ0) is 35.2. The third kappa shape index (κ3) is 7.69. The molecule has 1 aromatic carbocycles. The number of hydrogen-bond acceptors (Lipinski definition) is 6. The van der Waals surface area contributed by atoms with Crippen LogP contribution in [-0.4, -0.2) is 131 Å². The van der Waals surface area contributed by atoms with E-state index in [9.17, 15) is 18.8 Å². The van der Waals surface area contributed by atoms with Crippen LogP contribution in [0.4, 0.5) is 8.78 Å². The van der Waals surface area contributed by atoms with E-state index < -0.39 is 35.6 Å². The first-order chi connectivity index (χ1) is 23.1. The van der Waals surface area contributed by atoms with Gasteiger partial charge in [-0.2, -0.15) is 0 Å². The summed E-state index contributed by atoms with van der Waals surface area (Å²) in [6.45, 7) is 15.1. The van der Waals surface area contributed by atoms with Gasteiger partial charge in [-0.1, -0.05) is 19.9 Å². The Morgan fingerprint density at radius 3 is 2.22 bits per heavy atom. The monoisotopic (exact) mass is 685 g/mol. The normalized spacial score (nSPS) is 30.2. The van der Waals surface area contributed by atoms with E-state index in [1.807, 2.05) is 16.8 Å². The van der Waals surface area contributed by atoms with Gasteiger partial charge in [0, 0.05) is 76.0 Å². The van der Waals surface area contributed by atoms with Crippen molar-refractivity contribution in [2.45, 2.75) is 115 Å². The first-order valence-electron chi connectivity index (χ1n) is 18.5. The van der Waals surface area contributed by atoms with Crippen molar-refractivity contribution in [1.29, 1.82) is 0 Å². The van der Waals surface area contributed by atoms with Crippen molar-refractivity contribution in [2.24, 2.45) is 11.3 Å². The van der Waals surface area contributed by atoms with Crippen LogP contribution < -0.4 is 0 Å². The summed E-state index contributed by atoms with van der Waals surface area (Å²) in [6, 6.07) is 2.59. The molecular formula is C38H57F2N5O4. The highest BCUT2D eigenvalue weighted by Gasteiger charge is 2.52. The molecule has 5 fully saturated rings. The molecule has 5 atom stereocenters. The molecule has 0 spiro atoms. The molecule has 6 rings (SSSR count). The van der Waals surface area contributed by atoms with Crippen molar-refractivity contribution >= 4 is 17.7 Å². The number of likely N-dealkylation sites (tertiary alicyclic amines) is 2. The second-order valence-electron chi connectivity index (χ2n) is 17.1. The van der Waals surface area contributed by atoms with Crippen LogP contribution in [0.1, 0.15) is 91.0 Å². The molecule has 4 aliphatic heterocycles. The molecule has 49 heavy (non-hydrogen) atoms. The third-order valence-electron chi connectivity index (χ3n) is 12.2. The predicted molar refractivity (Wildman–Crippen MR) is 184 cm³/mol. The van der Waals surface area contributed by atoms with Gasteiger partial charge >= 0.3 is 0 Å². The Morgan fingerprint density at radius 2 is 1.61 bits per heavy atom. The van der Waals surface area contributed by atoms with Gasteiger partial charge in [-0.3, -0.25) is 19.3 Å². The number of piperazine rings is 1. The number of hydrogen-bond donors (Lipinski definition) is 0. The van der Waals surface area contributed by atoms with Crippen molar-refractivity contribution in [3.8, 4) is 0 Å². The lowest BCUT2D eigenvalue weighted by Crippen LogP contribution is -2.54. The molecule has 4 heterocycles. The van der Waals surface area contributed by atoms with E-state index in [1.54, 1.807) is 4.90 Å². The van der Waals surface area contributed by atoms with Crippen LogP contribution in [0.25, 0.3) is 0 Å². The predicted octanol–water partition coefficient (Wildman–Crippen LogP) is 4.50. The Kier molecular flexibility index (Phi) is 10.5. The third-order valence-corrected chi connectivity index (χ3v) is 12.2. The van der Waals surface area contributed by atoms with Gasteiger partial charge in [0.25, 0.3) is 5.91 Å². The van der Waals surface area contributed by atoms with Crippen LogP contribution in [0.3, 0.4) is 0 Å². The van der Waals surface area contributed by atoms with Gasteiger partial charge in [-0.15, -0.1) is 0 Å². The van der Waals surface area contributed by atoms with Gasteiger partial charge in [-0.25, -0.2) is 8.78 Å². The van der Waals surface area contributed by atoms with Crippen LogP contribution in [0.15, 0.2) is 18.2 Å². The number of halogens is 2. The fourth-order valence-corrected chi connectivity index (χ4v) is 8.92. The topological polar surface area (TPSA) is 76.6 Å². The van der Waals surface area contributed by atoms with E-state index in [4.69, 9.17) is 4.74 Å². The van der Waals surface area contributed by atoms with E-state index in [-0.39, 0.29) is 47.3 Å². The van der Waals surface area contributed by atoms with Crippen molar-refractivity contribution in [3.63, 3.8) is 0 Å². The molecule has 272 valence electrons. The number of likely N-dealkylation sites (N-methyl/N-ethyl adjacent to an activating group) is 1. The maximum absolute atomic E-state index is 15.4. The summed E-state index contributed by atoms with van der Waals surface area (Å²) in [5.74, 6) is -2.72. The SMILES string of the molecule is CN1CCN(C(=O)[C@H]2CC(N(C(=O)[C@@H]3CCCO3)C3CCC(C)(C)CC3)CN2C(=O)[C@@H]2CN(C(C)(C)C)C[C@H]2c2ccc(F)cc2F)CC1. The summed E-state index contributed by atoms with van der Waals surface area (Å²) in [5, 5.41) is 0. The zero-order valence-electron chi connectivity index (χ0n) is 30.4. The quantitative estimate of drug-likeness (QED) is 0.440. The summed E-state index contributed by atoms with van der Waals surface area (Å²) < 4.78 is 35.3. The highest BCUT2D eigenvalue weighted by molar-refractivity contribution is 5.91. The number of benzene rings is 1. The molecular weight excluding hydrogens is 628 g/mol. The largest absolute Gasteiger partial charge is 0.368 e. The van der Waals surface area contributed by atoms with Crippen LogP contribution in [0.2, 0.25) is 0 Å². The maximum atomic E-state index is 15.4. The van der Waals surface area contributed by atoms with Crippen LogP contribution in [-0.2, 0) is 19.1 Å². The van der Waals surface area contributed by atoms with Crippen LogP contribution >= 0.6 is 0 Å². The number of amides is 3. The molecule has 1 aliphatic carbocycles. The minimum atomic E-state index is -0.719. The van der Waals surface area contributed by atoms with E-state index in [1.165, 1.54) is 12.1 Å². The molecule has 1 aromatic rings. The highest BCUT2D eigenvalue weighted by atomic mass is 19.1. The molecule has 0 N–H and O–H groups in total. The lowest BCUT2D eigenvalue weighted by molar-refractivity contribution is -0.148. The highest BCUT2D eigenvalue weighted by Crippen LogP contribution is 2.42. The Labute approximate surface area is 291 Å². The standard InChI is InChI=1S/C38H57F2N5O4/c1-37(2,3)43-23-29(28-10-9-25(39)20-31(28)40)30(24-43)34(46)44-22-27(21-32(44)35(47)42-17-15-41(6)16-18-42)45(36(48)33-8-7-19-49-33)26-11-13-38(4,5)14-12-26/h9-10,20,26-27,29-30,32-33H,7-8,11-19,21-24H2,1-6H3/t27?,29-,30+,32+,33-/m0/s1. The Morgan fingerprint density at radius 1 is 0.918 bits per heavy atom. The van der Waals surface area contributed by atoms with E-state index in [2.05, 4.69) is 44.4 Å². The molecule has 0 aromatic heterocycles. The molecule has 3 amide bonds. The Balaban J connectivity index is 1.34. The van der Waals surface area contributed by atoms with Crippen molar-refractivity contribution < 1.29 is 27.9 Å². The van der Waals surface area contributed by atoms with Crippen molar-refractivity contribution in [3.05, 3.63) is 35.4 Å². The number of ether oxygens (including phenoxy) is 1. The van der Waals surface area contributed by atoms with Crippen LogP contribution in [0.5, 0.6) is 0 Å². The summed E-state index contributed by atoms with van der Waals surface area (Å²) in [7, 11) is 2.04. The Hall–Kier alpha value is -2.63. The minimum absolute atomic E-state index is 0.0154. The van der Waals surface area contributed by atoms with E-state index in [0.29, 0.717) is 51.2 Å². The number of carbonyl (C=O) groups excluding carboxylic acids is 3. The molecule has 5 aliphatic rings. The van der Waals surface area contributed by atoms with Gasteiger partial charge in [0.2, 0.25) is 11.8 Å². The van der Waals surface area contributed by atoms with Crippen molar-refractivity contribution in [1.82, 2.24) is 24.5 Å². The lowest BCUT2D eigenvalue weighted by atomic mass is 9.75. The molecule has 1 saturated carbocycles. The summed E-state index contributed by atoms with van der Waals surface area (Å²) in [4.78, 5) is 53.7. The fourth-order valence-electron chi connectivity index (χ4n) is 8.92. The number of nitrogens with zero attached hydrogens (tertiary/aromatic N) is 5. The van der Waals surface area contributed by atoms with Gasteiger partial charge in [-0.05, 0) is 89.8 Å². The molecule has 1 unspecified atom stereocenters. The van der Waals surface area contributed by atoms with Gasteiger partial charge in [0.05, 0.1) is 12.0 Å². The smallest absolute Gasteiger partial charge is 0.252 e. The summed E-state index contributed by atoms with van der Waals surface area (Å²) >= 11 is 0. The van der Waals surface area contributed by atoms with Crippen LogP contribution in [0, 0.1) is 23.0 Å². The summed E-state index contributed by atoms with van der Waals surface area (Å²) in [5.41, 5.74) is 0.244. The number of carbonyl (C=O) groups is 3. The second kappa shape index (κ2) is 14.2. The second-order valence-corrected chi connectivity index (χ2v) is 17.1. The van der Waals surface area contributed by atoms with Crippen molar-refractivity contribution in [2.75, 3.05) is 59.5 Å². The van der Waals surface area contributed by atoms with E-state index >= 15 is 4.39 Å². The first kappa shape index (κ1) is 36.2. The average Bonchev–Trinajstić information content (AvgIpc) is 3.82. The summed E-state index contributed by atoms with van der Waals surface area (Å²) in [6.07, 6.45) is 5.16. The van der Waals surface area contributed by atoms with Gasteiger partial charge in [0.15, 0.2) is 0 Å². The average molecular weight is 686 g/mol. The number of rotatable bonds is 6. The maximum Gasteiger partial charge on any atom is 0.252 e. The lowest BCUT2D eigenvalue weighted by Gasteiger charge is -2.43. The first-order valence-corrected chi connectivity index (χ1v) is 18.5. The molecule has 11 heteroatoms. The van der Waals surface area contributed by atoms with Gasteiger partial charge in [0.1, 0.15) is 23.8 Å². The molecule has 0 bridgehead atoms. The molecule has 4 saturated heterocycles. The van der Waals surface area contributed by atoms with Gasteiger partial charge < -0.3 is 24.3 Å². The minimum Gasteiger partial charge on any atom is -0.368 e. The molecule has 9 nitrogen and oxygen atoms in total. The zero-order valence-corrected chi connectivity index (χ0v) is 30.4. The van der Waals surface area contributed by atoms with E-state index in [0.717, 1.165) is 51.3 Å².